The Morgan fingerprint density at radius 3 is 1.14 bits per heavy atom. The van der Waals surface area contributed by atoms with E-state index in [0.29, 0.717) is 45.3 Å². The summed E-state index contributed by atoms with van der Waals surface area (Å²) in [4.78, 5) is 4.63. The van der Waals surface area contributed by atoms with Gasteiger partial charge in [-0.3, -0.25) is 0 Å². The van der Waals surface area contributed by atoms with Gasteiger partial charge in [-0.15, -0.1) is 0 Å². The van der Waals surface area contributed by atoms with Gasteiger partial charge in [0, 0.05) is 105 Å². The summed E-state index contributed by atoms with van der Waals surface area (Å²) in [6.45, 7) is 13.6. The van der Waals surface area contributed by atoms with Crippen molar-refractivity contribution in [2.75, 3.05) is 9.80 Å². The lowest BCUT2D eigenvalue weighted by Crippen LogP contribution is -2.33. The monoisotopic (exact) mass is 1180 g/mol. The number of ether oxygens (including phenoxy) is 3. The lowest BCUT2D eigenvalue weighted by Gasteiger charge is -2.45. The fourth-order valence-corrected chi connectivity index (χ4v) is 14.7. The Morgan fingerprint density at radius 1 is 0.311 bits per heavy atom. The van der Waals surface area contributed by atoms with E-state index >= 15 is 8.78 Å². The van der Waals surface area contributed by atoms with Crippen molar-refractivity contribution in [2.45, 2.75) is 57.8 Å². The summed E-state index contributed by atoms with van der Waals surface area (Å²) < 4.78 is 67.2. The Hall–Kier alpha value is -10.9. The Labute approximate surface area is 519 Å². The van der Waals surface area contributed by atoms with Crippen molar-refractivity contribution < 1.29 is 31.8 Å². The molecule has 0 saturated heterocycles. The van der Waals surface area contributed by atoms with E-state index in [9.17, 15) is 0 Å². The second-order valence-electron chi connectivity index (χ2n) is 25.4. The number of fused-ring (bicyclic) bond motifs is 14. The molecule has 5 heterocycles. The van der Waals surface area contributed by atoms with Crippen LogP contribution in [-0.4, -0.2) is 0 Å². The van der Waals surface area contributed by atoms with Gasteiger partial charge in [0.25, 0.3) is 0 Å². The molecular formula is C81H58F2N2O5. The summed E-state index contributed by atoms with van der Waals surface area (Å²) in [6, 6.07) is 80.2. The summed E-state index contributed by atoms with van der Waals surface area (Å²) >= 11 is 0. The highest BCUT2D eigenvalue weighted by molar-refractivity contribution is 6.13. The highest BCUT2D eigenvalue weighted by Gasteiger charge is 2.49. The lowest BCUT2D eigenvalue weighted by atomic mass is 9.68. The molecule has 0 unspecified atom stereocenters. The van der Waals surface area contributed by atoms with Crippen molar-refractivity contribution in [3.63, 3.8) is 0 Å². The molecule has 0 radical (unpaired) electrons. The van der Waals surface area contributed by atoms with Gasteiger partial charge in [0.15, 0.2) is 23.0 Å². The zero-order valence-corrected chi connectivity index (χ0v) is 50.3. The largest absolute Gasteiger partial charge is 0.455 e. The van der Waals surface area contributed by atoms with Crippen LogP contribution in [0.1, 0.15) is 74.9 Å². The number of para-hydroxylation sites is 6. The summed E-state index contributed by atoms with van der Waals surface area (Å²) in [7, 11) is 0. The molecule has 0 aliphatic carbocycles. The first kappa shape index (κ1) is 53.3. The maximum absolute atomic E-state index is 15.5. The minimum absolute atomic E-state index is 0.346. The van der Waals surface area contributed by atoms with E-state index < -0.39 is 16.2 Å². The zero-order chi connectivity index (χ0) is 60.9. The normalized spacial score (nSPS) is 14.5. The Morgan fingerprint density at radius 2 is 0.711 bits per heavy atom. The molecule has 9 heteroatoms. The molecule has 90 heavy (non-hydrogen) atoms. The van der Waals surface area contributed by atoms with Crippen LogP contribution >= 0.6 is 0 Å². The molecule has 0 atom stereocenters. The SMILES string of the molecule is CC1(C)c2cc(N(c3ccccc3)c3cc(-c4cccc(F)c4)c4oc5ccccc5c4c3)c3c(c2Oc2c1cc(N(c1ccccc1)c1cc(-c4cccc(F)c4)c4oc5ccccc5c4c1)c1c2Oc2ccccc2C1(C)C)Oc1ccccc1C3(C)C. The quantitative estimate of drug-likeness (QED) is 0.150. The molecule has 0 fully saturated rings. The van der Waals surface area contributed by atoms with Gasteiger partial charge in [0.05, 0.1) is 11.4 Å². The van der Waals surface area contributed by atoms with Crippen molar-refractivity contribution in [1.29, 1.82) is 0 Å². The minimum Gasteiger partial charge on any atom is -0.455 e. The predicted octanol–water partition coefficient (Wildman–Crippen LogP) is 23.3. The Balaban J connectivity index is 0.962. The van der Waals surface area contributed by atoms with E-state index in [1.54, 1.807) is 24.3 Å². The van der Waals surface area contributed by atoms with Crippen LogP contribution in [0.4, 0.5) is 42.9 Å². The van der Waals surface area contributed by atoms with Crippen LogP contribution < -0.4 is 24.0 Å². The molecule has 7 nitrogen and oxygen atoms in total. The second kappa shape index (κ2) is 19.6. The first-order chi connectivity index (χ1) is 43.7. The number of benzene rings is 12. The van der Waals surface area contributed by atoms with E-state index in [4.69, 9.17) is 23.0 Å². The molecule has 436 valence electrons. The lowest BCUT2D eigenvalue weighted by molar-refractivity contribution is 0.336. The van der Waals surface area contributed by atoms with Crippen LogP contribution in [0.15, 0.2) is 251 Å². The van der Waals surface area contributed by atoms with E-state index in [2.05, 4.69) is 173 Å². The predicted molar refractivity (Wildman–Crippen MR) is 357 cm³/mol. The third-order valence-electron chi connectivity index (χ3n) is 19.0. The third-order valence-corrected chi connectivity index (χ3v) is 19.0. The molecular weight excluding hydrogens is 1120 g/mol. The Kier molecular flexibility index (Phi) is 11.6. The van der Waals surface area contributed by atoms with E-state index in [-0.39, 0.29) is 11.6 Å². The summed E-state index contributed by atoms with van der Waals surface area (Å²) in [5.41, 5.74) is 14.2. The van der Waals surface area contributed by atoms with Crippen molar-refractivity contribution in [3.05, 3.63) is 288 Å². The van der Waals surface area contributed by atoms with E-state index in [0.717, 1.165) is 123 Å². The average Bonchev–Trinajstić information content (AvgIpc) is 0.851. The molecule has 12 aromatic carbocycles. The van der Waals surface area contributed by atoms with Crippen LogP contribution in [0.3, 0.4) is 0 Å². The molecule has 3 aliphatic rings. The molecule has 17 rings (SSSR count). The van der Waals surface area contributed by atoms with Crippen molar-refractivity contribution >= 4 is 78.0 Å². The number of halogens is 2. The number of nitrogens with zero attached hydrogens (tertiary/aromatic N) is 2. The van der Waals surface area contributed by atoms with Gasteiger partial charge in [-0.2, -0.15) is 0 Å². The fourth-order valence-electron chi connectivity index (χ4n) is 14.7. The van der Waals surface area contributed by atoms with Gasteiger partial charge in [-0.25, -0.2) is 8.78 Å². The second-order valence-corrected chi connectivity index (χ2v) is 25.4. The standard InChI is InChI=1S/C81H58F2N2O5/c1-79(2)63-45-65(84(51-27-9-7-10-28-51)53-41-57(47-23-21-25-49(82)39-47)73-59(43-53)55-31-13-17-35-67(55)86-73)71-77(88-69-37-19-15-33-61(69)80(71,3)4)75(63)90-76-64(79)46-66(72-78(76)89-70-38-20-16-34-62(70)81(72,5)6)85(52-29-11-8-12-30-52)54-42-58(48-24-22-26-50(83)40-48)74-60(44-54)56-32-14-18-36-68(56)87-74/h7-46H,1-6H3. The number of anilines is 6. The average molecular weight is 1180 g/mol. The van der Waals surface area contributed by atoms with Gasteiger partial charge < -0.3 is 32.8 Å². The zero-order valence-electron chi connectivity index (χ0n) is 50.3. The summed E-state index contributed by atoms with van der Waals surface area (Å²) in [5, 5.41) is 3.66. The van der Waals surface area contributed by atoms with Gasteiger partial charge >= 0.3 is 0 Å². The minimum atomic E-state index is -0.856. The molecule has 2 aromatic heterocycles. The topological polar surface area (TPSA) is 60.5 Å². The maximum Gasteiger partial charge on any atom is 0.176 e. The highest BCUT2D eigenvalue weighted by atomic mass is 19.1. The van der Waals surface area contributed by atoms with Crippen LogP contribution in [0.5, 0.6) is 34.5 Å². The Bertz CT molecular complexity index is 4990. The van der Waals surface area contributed by atoms with E-state index in [1.807, 2.05) is 84.9 Å². The molecule has 0 saturated carbocycles. The fraction of sp³-hybridized carbons (Fsp3) is 0.111. The number of rotatable bonds is 8. The van der Waals surface area contributed by atoms with Gasteiger partial charge in [-0.1, -0.05) is 175 Å². The highest BCUT2D eigenvalue weighted by Crippen LogP contribution is 2.67. The smallest absolute Gasteiger partial charge is 0.176 e. The number of furan rings is 2. The third kappa shape index (κ3) is 7.94. The first-order valence-corrected chi connectivity index (χ1v) is 30.5. The molecule has 0 bridgehead atoms. The molecule has 0 amide bonds. The first-order valence-electron chi connectivity index (χ1n) is 30.5. The molecule has 0 spiro atoms. The molecule has 3 aliphatic heterocycles. The van der Waals surface area contributed by atoms with E-state index in [1.165, 1.54) is 12.1 Å². The van der Waals surface area contributed by atoms with Crippen molar-refractivity contribution in [1.82, 2.24) is 0 Å². The summed E-state index contributed by atoms with van der Waals surface area (Å²) in [5.74, 6) is 3.13. The van der Waals surface area contributed by atoms with Gasteiger partial charge in [0.1, 0.15) is 45.5 Å². The summed E-state index contributed by atoms with van der Waals surface area (Å²) in [6.07, 6.45) is 0. The van der Waals surface area contributed by atoms with Gasteiger partial charge in [-0.05, 0) is 120 Å². The number of hydrogen-bond donors (Lipinski definition) is 0. The van der Waals surface area contributed by atoms with Crippen LogP contribution in [-0.2, 0) is 16.2 Å². The van der Waals surface area contributed by atoms with Gasteiger partial charge in [0.2, 0.25) is 0 Å². The number of hydrogen-bond acceptors (Lipinski definition) is 7. The molecule has 14 aromatic rings. The molecule has 0 N–H and O–H groups in total. The van der Waals surface area contributed by atoms with Crippen LogP contribution in [0, 0.1) is 11.6 Å². The van der Waals surface area contributed by atoms with Crippen molar-refractivity contribution in [2.24, 2.45) is 0 Å². The maximum atomic E-state index is 15.5. The van der Waals surface area contributed by atoms with Crippen LogP contribution in [0.25, 0.3) is 66.1 Å². The van der Waals surface area contributed by atoms with Crippen LogP contribution in [0.2, 0.25) is 0 Å². The van der Waals surface area contributed by atoms with Crippen molar-refractivity contribution in [3.8, 4) is 56.8 Å².